The van der Waals surface area contributed by atoms with Crippen molar-refractivity contribution in [3.8, 4) is 33.4 Å². The van der Waals surface area contributed by atoms with Crippen LogP contribution in [0.2, 0.25) is 0 Å². The molecule has 2 aromatic heterocycles. The number of rotatable bonds is 5. The Balaban J connectivity index is 1.49. The van der Waals surface area contributed by atoms with Gasteiger partial charge in [0.2, 0.25) is 0 Å². The molecule has 3 heteroatoms. The van der Waals surface area contributed by atoms with Crippen LogP contribution >= 0.6 is 0 Å². The number of pyridine rings is 1. The summed E-state index contributed by atoms with van der Waals surface area (Å²) in [5, 5.41) is 3.66. The fourth-order valence-corrected chi connectivity index (χ4v) is 6.32. The molecular weight excluding hydrogens is 524 g/mol. The highest BCUT2D eigenvalue weighted by atomic mass is 16.1. The van der Waals surface area contributed by atoms with E-state index in [1.54, 1.807) is 4.40 Å². The second kappa shape index (κ2) is 9.64. The van der Waals surface area contributed by atoms with Gasteiger partial charge in [0.25, 0.3) is 5.56 Å². The molecule has 0 aliphatic carbocycles. The SMILES string of the molecule is C=Cc1ccc(-c2cc(-c3ccc(C=C)cc3)c3nc4c5ccc(-c6ccccc6)c6cccc(c(=O)n4c3c2)c65)cc1. The lowest BCUT2D eigenvalue weighted by atomic mass is 9.94. The van der Waals surface area contributed by atoms with Crippen LogP contribution in [0.4, 0.5) is 0 Å². The van der Waals surface area contributed by atoms with Crippen molar-refractivity contribution >= 4 is 50.4 Å². The van der Waals surface area contributed by atoms with Crippen molar-refractivity contribution in [1.29, 1.82) is 0 Å². The number of hydrogen-bond donors (Lipinski definition) is 0. The zero-order valence-corrected chi connectivity index (χ0v) is 23.4. The lowest BCUT2D eigenvalue weighted by molar-refractivity contribution is 1.19. The predicted molar refractivity (Wildman–Crippen MR) is 182 cm³/mol. The highest BCUT2D eigenvalue weighted by Crippen LogP contribution is 2.39. The Morgan fingerprint density at radius 1 is 0.558 bits per heavy atom. The molecule has 0 bridgehead atoms. The highest BCUT2D eigenvalue weighted by Gasteiger charge is 2.20. The van der Waals surface area contributed by atoms with Crippen molar-refractivity contribution in [2.24, 2.45) is 0 Å². The summed E-state index contributed by atoms with van der Waals surface area (Å²) in [6.45, 7) is 7.80. The van der Waals surface area contributed by atoms with Gasteiger partial charge >= 0.3 is 0 Å². The maximum absolute atomic E-state index is 14.4. The van der Waals surface area contributed by atoms with Crippen molar-refractivity contribution in [1.82, 2.24) is 9.38 Å². The Hall–Kier alpha value is -5.80. The topological polar surface area (TPSA) is 34.4 Å². The normalized spacial score (nSPS) is 11.5. The first-order valence-corrected chi connectivity index (χ1v) is 14.3. The van der Waals surface area contributed by atoms with Crippen molar-refractivity contribution in [2.45, 2.75) is 0 Å². The lowest BCUT2D eigenvalue weighted by Crippen LogP contribution is -2.13. The Kier molecular flexibility index (Phi) is 5.60. The fourth-order valence-electron chi connectivity index (χ4n) is 6.32. The Labute approximate surface area is 248 Å². The molecule has 202 valence electrons. The van der Waals surface area contributed by atoms with E-state index in [1.165, 1.54) is 0 Å². The third-order valence-corrected chi connectivity index (χ3v) is 8.50. The summed E-state index contributed by atoms with van der Waals surface area (Å²) < 4.78 is 1.80. The molecule has 3 nitrogen and oxygen atoms in total. The summed E-state index contributed by atoms with van der Waals surface area (Å²) >= 11 is 0. The van der Waals surface area contributed by atoms with E-state index >= 15 is 0 Å². The largest absolute Gasteiger partial charge is 0.268 e. The Bertz CT molecular complexity index is 2420. The third kappa shape index (κ3) is 3.83. The second-order valence-electron chi connectivity index (χ2n) is 10.9. The van der Waals surface area contributed by atoms with Crippen molar-refractivity contribution in [3.05, 3.63) is 156 Å². The van der Waals surface area contributed by atoms with Gasteiger partial charge in [0.15, 0.2) is 0 Å². The molecule has 0 saturated heterocycles. The predicted octanol–water partition coefficient (Wildman–Crippen LogP) is 9.88. The van der Waals surface area contributed by atoms with E-state index in [9.17, 15) is 4.79 Å². The van der Waals surface area contributed by atoms with Gasteiger partial charge in [-0.2, -0.15) is 0 Å². The van der Waals surface area contributed by atoms with E-state index in [1.807, 2.05) is 42.5 Å². The molecule has 0 amide bonds. The van der Waals surface area contributed by atoms with Crippen LogP contribution in [0.3, 0.4) is 0 Å². The minimum Gasteiger partial charge on any atom is -0.268 e. The van der Waals surface area contributed by atoms with Gasteiger partial charge in [-0.25, -0.2) is 4.98 Å². The molecule has 0 aliphatic rings. The van der Waals surface area contributed by atoms with Gasteiger partial charge < -0.3 is 0 Å². The number of aromatic nitrogens is 2. The minimum absolute atomic E-state index is 0.0621. The third-order valence-electron chi connectivity index (χ3n) is 8.50. The maximum Gasteiger partial charge on any atom is 0.264 e. The van der Waals surface area contributed by atoms with Gasteiger partial charge in [-0.05, 0) is 68.6 Å². The minimum atomic E-state index is -0.0621. The molecule has 8 rings (SSSR count). The number of hydrogen-bond acceptors (Lipinski definition) is 2. The van der Waals surface area contributed by atoms with Crippen molar-refractivity contribution in [2.75, 3.05) is 0 Å². The van der Waals surface area contributed by atoms with E-state index in [2.05, 4.69) is 104 Å². The molecule has 0 N–H and O–H groups in total. The molecule has 0 unspecified atom stereocenters. The number of benzene rings is 6. The Morgan fingerprint density at radius 3 is 1.91 bits per heavy atom. The first-order chi connectivity index (χ1) is 21.1. The van der Waals surface area contributed by atoms with Crippen LogP contribution in [0.1, 0.15) is 11.1 Å². The van der Waals surface area contributed by atoms with Crippen molar-refractivity contribution in [3.63, 3.8) is 0 Å². The molecule has 0 saturated carbocycles. The zero-order chi connectivity index (χ0) is 29.1. The van der Waals surface area contributed by atoms with Crippen LogP contribution in [0.25, 0.3) is 83.8 Å². The van der Waals surface area contributed by atoms with E-state index in [0.717, 1.165) is 71.7 Å². The highest BCUT2D eigenvalue weighted by molar-refractivity contribution is 6.19. The van der Waals surface area contributed by atoms with Crippen LogP contribution in [0.5, 0.6) is 0 Å². The molecule has 6 aromatic carbocycles. The summed E-state index contributed by atoms with van der Waals surface area (Å²) in [5.41, 5.74) is 10.6. The fraction of sp³-hybridized carbons (Fsp3) is 0. The summed E-state index contributed by atoms with van der Waals surface area (Å²) in [6.07, 6.45) is 3.68. The lowest BCUT2D eigenvalue weighted by Gasteiger charge is -2.12. The second-order valence-corrected chi connectivity index (χ2v) is 10.9. The molecule has 0 radical (unpaired) electrons. The molecule has 0 aliphatic heterocycles. The number of fused-ring (bicyclic) bond motifs is 4. The van der Waals surface area contributed by atoms with Gasteiger partial charge in [-0.3, -0.25) is 9.20 Å². The molecule has 0 spiro atoms. The van der Waals surface area contributed by atoms with Gasteiger partial charge in [-0.15, -0.1) is 0 Å². The molecule has 0 atom stereocenters. The molecule has 2 heterocycles. The van der Waals surface area contributed by atoms with Crippen molar-refractivity contribution < 1.29 is 0 Å². The maximum atomic E-state index is 14.4. The van der Waals surface area contributed by atoms with E-state index in [4.69, 9.17) is 4.98 Å². The molecule has 0 fully saturated rings. The van der Waals surface area contributed by atoms with Gasteiger partial charge in [0.1, 0.15) is 5.65 Å². The summed E-state index contributed by atoms with van der Waals surface area (Å²) in [4.78, 5) is 19.6. The summed E-state index contributed by atoms with van der Waals surface area (Å²) in [5.74, 6) is 0. The van der Waals surface area contributed by atoms with Crippen LogP contribution in [0.15, 0.2) is 139 Å². The first-order valence-electron chi connectivity index (χ1n) is 14.3. The Morgan fingerprint density at radius 2 is 1.21 bits per heavy atom. The quantitative estimate of drug-likeness (QED) is 0.214. The van der Waals surface area contributed by atoms with E-state index < -0.39 is 0 Å². The van der Waals surface area contributed by atoms with Crippen LogP contribution in [-0.4, -0.2) is 9.38 Å². The zero-order valence-electron chi connectivity index (χ0n) is 23.4. The molecule has 8 aromatic rings. The smallest absolute Gasteiger partial charge is 0.264 e. The average Bonchev–Trinajstić information content (AvgIpc) is 3.47. The number of imidazole rings is 1. The van der Waals surface area contributed by atoms with E-state index in [0.29, 0.717) is 11.0 Å². The average molecular weight is 551 g/mol. The summed E-state index contributed by atoms with van der Waals surface area (Å²) in [6, 6.07) is 41.5. The van der Waals surface area contributed by atoms with E-state index in [-0.39, 0.29) is 5.56 Å². The van der Waals surface area contributed by atoms with Gasteiger partial charge in [0.05, 0.1) is 11.0 Å². The molecular formula is C40H26N2O. The number of nitrogens with zero attached hydrogens (tertiary/aromatic N) is 2. The van der Waals surface area contributed by atoms with Crippen LogP contribution < -0.4 is 5.56 Å². The van der Waals surface area contributed by atoms with Gasteiger partial charge in [0, 0.05) is 21.7 Å². The van der Waals surface area contributed by atoms with Gasteiger partial charge in [-0.1, -0.05) is 122 Å². The van der Waals surface area contributed by atoms with Crippen LogP contribution in [-0.2, 0) is 0 Å². The van der Waals surface area contributed by atoms with Crippen LogP contribution in [0, 0.1) is 0 Å². The molecule has 43 heavy (non-hydrogen) atoms. The standard InChI is InChI=1S/C40H26N2O/c1-3-25-13-17-27(18-14-25)30-23-35(29-19-15-26(4-2)16-20-29)38-36(24-30)42-39(41-38)33-22-21-31(28-9-6-5-7-10-28)32-11-8-12-34(37(32)33)40(42)43/h3-24H,1-2H2. The summed E-state index contributed by atoms with van der Waals surface area (Å²) in [7, 11) is 0. The first kappa shape index (κ1) is 25.0. The monoisotopic (exact) mass is 550 g/mol.